The third-order valence-electron chi connectivity index (χ3n) is 3.46. The van der Waals surface area contributed by atoms with Crippen molar-refractivity contribution in [3.8, 4) is 11.5 Å². The quantitative estimate of drug-likeness (QED) is 0.924. The molecule has 1 aliphatic rings. The third-order valence-corrected chi connectivity index (χ3v) is 3.46. The predicted molar refractivity (Wildman–Crippen MR) is 76.0 cm³/mol. The second kappa shape index (κ2) is 5.54. The molecular weight excluding hydrogens is 254 g/mol. The lowest BCUT2D eigenvalue weighted by molar-refractivity contribution is 0.169. The normalized spacial score (nSPS) is 15.1. The van der Waals surface area contributed by atoms with Crippen LogP contribution in [0.3, 0.4) is 0 Å². The number of rotatable bonds is 4. The van der Waals surface area contributed by atoms with Crippen LogP contribution < -0.4 is 15.2 Å². The topological polar surface area (TPSA) is 62.3 Å². The summed E-state index contributed by atoms with van der Waals surface area (Å²) in [6.07, 6.45) is 4.64. The van der Waals surface area contributed by atoms with Gasteiger partial charge in [-0.05, 0) is 25.0 Å². The molecule has 1 atom stereocenters. The Labute approximate surface area is 118 Å². The Balaban J connectivity index is 1.81. The third kappa shape index (κ3) is 2.49. The van der Waals surface area contributed by atoms with E-state index < -0.39 is 0 Å². The maximum absolute atomic E-state index is 6.33. The summed E-state index contributed by atoms with van der Waals surface area (Å²) in [5.41, 5.74) is 8.45. The summed E-state index contributed by atoms with van der Waals surface area (Å²) in [6, 6.07) is 5.75. The van der Waals surface area contributed by atoms with E-state index in [0.717, 1.165) is 35.6 Å². The van der Waals surface area contributed by atoms with Crippen LogP contribution >= 0.6 is 0 Å². The van der Waals surface area contributed by atoms with E-state index in [1.165, 1.54) is 0 Å². The predicted octanol–water partition coefficient (Wildman–Crippen LogP) is 1.92. The number of nitrogens with two attached hydrogens (primary N) is 1. The van der Waals surface area contributed by atoms with Gasteiger partial charge in [-0.25, -0.2) is 0 Å². The van der Waals surface area contributed by atoms with Gasteiger partial charge in [0, 0.05) is 24.3 Å². The van der Waals surface area contributed by atoms with Crippen LogP contribution in [-0.4, -0.2) is 23.0 Å². The molecule has 0 fully saturated rings. The summed E-state index contributed by atoms with van der Waals surface area (Å²) in [6.45, 7) is 4.10. The van der Waals surface area contributed by atoms with Crippen molar-refractivity contribution in [2.75, 3.05) is 13.2 Å². The summed E-state index contributed by atoms with van der Waals surface area (Å²) >= 11 is 0. The standard InChI is InChI=1S/C15H19N3O2/c1-2-18-10-11(9-17-18)8-13(16)12-4-3-5-14-15(12)20-7-6-19-14/h3-5,9-10,13H,2,6-8,16H2,1H3. The Bertz CT molecular complexity index is 595. The van der Waals surface area contributed by atoms with Crippen molar-refractivity contribution in [2.45, 2.75) is 25.9 Å². The molecule has 3 rings (SSSR count). The van der Waals surface area contributed by atoms with Crippen molar-refractivity contribution in [1.82, 2.24) is 9.78 Å². The van der Waals surface area contributed by atoms with Crippen LogP contribution in [0.4, 0.5) is 0 Å². The van der Waals surface area contributed by atoms with Crippen LogP contribution in [-0.2, 0) is 13.0 Å². The van der Waals surface area contributed by atoms with E-state index in [-0.39, 0.29) is 6.04 Å². The fraction of sp³-hybridized carbons (Fsp3) is 0.400. The highest BCUT2D eigenvalue weighted by molar-refractivity contribution is 5.49. The number of fused-ring (bicyclic) bond motifs is 1. The largest absolute Gasteiger partial charge is 0.486 e. The number of ether oxygens (including phenoxy) is 2. The van der Waals surface area contributed by atoms with E-state index in [0.29, 0.717) is 13.2 Å². The van der Waals surface area contributed by atoms with Crippen LogP contribution in [0.5, 0.6) is 11.5 Å². The van der Waals surface area contributed by atoms with Gasteiger partial charge in [0.2, 0.25) is 0 Å². The number of nitrogens with zero attached hydrogens (tertiary/aromatic N) is 2. The van der Waals surface area contributed by atoms with Crippen molar-refractivity contribution >= 4 is 0 Å². The zero-order valence-corrected chi connectivity index (χ0v) is 11.6. The van der Waals surface area contributed by atoms with E-state index in [1.807, 2.05) is 35.3 Å². The highest BCUT2D eigenvalue weighted by Gasteiger charge is 2.20. The van der Waals surface area contributed by atoms with Gasteiger partial charge in [-0.15, -0.1) is 0 Å². The lowest BCUT2D eigenvalue weighted by Crippen LogP contribution is -2.20. The van der Waals surface area contributed by atoms with Crippen LogP contribution in [0.25, 0.3) is 0 Å². The smallest absolute Gasteiger partial charge is 0.166 e. The molecule has 2 heterocycles. The summed E-state index contributed by atoms with van der Waals surface area (Å²) in [5.74, 6) is 1.57. The molecule has 106 valence electrons. The second-order valence-corrected chi connectivity index (χ2v) is 4.89. The Morgan fingerprint density at radius 2 is 2.20 bits per heavy atom. The number of hydrogen-bond acceptors (Lipinski definition) is 4. The van der Waals surface area contributed by atoms with Gasteiger partial charge in [0.1, 0.15) is 13.2 Å². The summed E-state index contributed by atoms with van der Waals surface area (Å²) in [7, 11) is 0. The van der Waals surface area contributed by atoms with Crippen molar-refractivity contribution in [2.24, 2.45) is 5.73 Å². The molecule has 2 N–H and O–H groups in total. The van der Waals surface area contributed by atoms with Crippen molar-refractivity contribution in [3.05, 3.63) is 41.7 Å². The molecule has 0 saturated heterocycles. The minimum absolute atomic E-state index is 0.124. The van der Waals surface area contributed by atoms with Gasteiger partial charge >= 0.3 is 0 Å². The first-order valence-electron chi connectivity index (χ1n) is 6.93. The van der Waals surface area contributed by atoms with Crippen LogP contribution in [0.1, 0.15) is 24.1 Å². The van der Waals surface area contributed by atoms with E-state index in [2.05, 4.69) is 12.0 Å². The molecule has 1 aromatic carbocycles. The maximum atomic E-state index is 6.33. The van der Waals surface area contributed by atoms with Gasteiger partial charge < -0.3 is 15.2 Å². The van der Waals surface area contributed by atoms with E-state index in [9.17, 15) is 0 Å². The molecular formula is C15H19N3O2. The lowest BCUT2D eigenvalue weighted by Gasteiger charge is -2.23. The molecule has 1 aromatic heterocycles. The lowest BCUT2D eigenvalue weighted by atomic mass is 10.00. The molecule has 5 nitrogen and oxygen atoms in total. The van der Waals surface area contributed by atoms with Crippen LogP contribution in [0.2, 0.25) is 0 Å². The van der Waals surface area contributed by atoms with Gasteiger partial charge in [0.15, 0.2) is 11.5 Å². The zero-order chi connectivity index (χ0) is 13.9. The van der Waals surface area contributed by atoms with Gasteiger partial charge in [0.05, 0.1) is 6.20 Å². The van der Waals surface area contributed by atoms with E-state index in [1.54, 1.807) is 0 Å². The average Bonchev–Trinajstić information content (AvgIpc) is 2.94. The molecule has 0 radical (unpaired) electrons. The SMILES string of the molecule is CCn1cc(CC(N)c2cccc3c2OCCO3)cn1. The minimum atomic E-state index is -0.124. The summed E-state index contributed by atoms with van der Waals surface area (Å²) in [5, 5.41) is 4.27. The molecule has 0 saturated carbocycles. The fourth-order valence-corrected chi connectivity index (χ4v) is 2.44. The first-order chi connectivity index (χ1) is 9.78. The Kier molecular flexibility index (Phi) is 3.60. The first kappa shape index (κ1) is 13.0. The fourth-order valence-electron chi connectivity index (χ4n) is 2.44. The van der Waals surface area contributed by atoms with E-state index in [4.69, 9.17) is 15.2 Å². The number of aryl methyl sites for hydroxylation is 1. The zero-order valence-electron chi connectivity index (χ0n) is 11.6. The molecule has 0 bridgehead atoms. The molecule has 0 amide bonds. The van der Waals surface area contributed by atoms with Crippen LogP contribution in [0.15, 0.2) is 30.6 Å². The van der Waals surface area contributed by atoms with Gasteiger partial charge in [-0.2, -0.15) is 5.10 Å². The average molecular weight is 273 g/mol. The highest BCUT2D eigenvalue weighted by Crippen LogP contribution is 2.37. The maximum Gasteiger partial charge on any atom is 0.166 e. The molecule has 0 aliphatic carbocycles. The summed E-state index contributed by atoms with van der Waals surface area (Å²) < 4.78 is 13.2. The van der Waals surface area contributed by atoms with Gasteiger partial charge in [-0.1, -0.05) is 12.1 Å². The second-order valence-electron chi connectivity index (χ2n) is 4.89. The molecule has 1 unspecified atom stereocenters. The Morgan fingerprint density at radius 3 is 3.00 bits per heavy atom. The van der Waals surface area contributed by atoms with Crippen molar-refractivity contribution in [1.29, 1.82) is 0 Å². The molecule has 20 heavy (non-hydrogen) atoms. The Hall–Kier alpha value is -2.01. The molecule has 2 aromatic rings. The van der Waals surface area contributed by atoms with E-state index >= 15 is 0 Å². The minimum Gasteiger partial charge on any atom is -0.486 e. The first-order valence-corrected chi connectivity index (χ1v) is 6.93. The number of benzene rings is 1. The van der Waals surface area contributed by atoms with Crippen molar-refractivity contribution in [3.63, 3.8) is 0 Å². The van der Waals surface area contributed by atoms with Gasteiger partial charge in [-0.3, -0.25) is 4.68 Å². The summed E-state index contributed by atoms with van der Waals surface area (Å²) in [4.78, 5) is 0. The number of hydrogen-bond donors (Lipinski definition) is 1. The number of aromatic nitrogens is 2. The molecule has 1 aliphatic heterocycles. The molecule has 0 spiro atoms. The van der Waals surface area contributed by atoms with Crippen LogP contribution in [0, 0.1) is 0 Å². The van der Waals surface area contributed by atoms with Gasteiger partial charge in [0.25, 0.3) is 0 Å². The Morgan fingerprint density at radius 1 is 1.35 bits per heavy atom. The number of para-hydroxylation sites is 1. The monoisotopic (exact) mass is 273 g/mol. The molecule has 5 heteroatoms. The highest BCUT2D eigenvalue weighted by atomic mass is 16.6. The van der Waals surface area contributed by atoms with Crippen molar-refractivity contribution < 1.29 is 9.47 Å².